The zero-order valence-corrected chi connectivity index (χ0v) is 11.8. The van der Waals surface area contributed by atoms with E-state index in [1.165, 1.54) is 6.92 Å². The number of nitro benzene ring substituents is 1. The van der Waals surface area contributed by atoms with Crippen LogP contribution in [0.1, 0.15) is 20.3 Å². The van der Waals surface area contributed by atoms with Crippen molar-refractivity contribution in [3.8, 4) is 5.75 Å². The topological polar surface area (TPSA) is 105 Å². The highest BCUT2D eigenvalue weighted by Crippen LogP contribution is 2.23. The first-order valence-electron chi connectivity index (χ1n) is 6.30. The van der Waals surface area contributed by atoms with Crippen LogP contribution in [0.4, 0.5) is 10.1 Å². The van der Waals surface area contributed by atoms with E-state index >= 15 is 0 Å². The monoisotopic (exact) mass is 300 g/mol. The summed E-state index contributed by atoms with van der Waals surface area (Å²) in [5.74, 6) is -1.56. The molecule has 0 saturated heterocycles. The molecule has 1 rings (SSSR count). The number of carbonyl (C=O) groups excluding carboxylic acids is 1. The predicted molar refractivity (Wildman–Crippen MR) is 72.4 cm³/mol. The highest BCUT2D eigenvalue weighted by molar-refractivity contribution is 5.79. The normalized spacial score (nSPS) is 13.3. The molecular formula is C13H17FN2O5. The fourth-order valence-corrected chi connectivity index (χ4v) is 1.49. The molecule has 1 aromatic carbocycles. The van der Waals surface area contributed by atoms with Crippen LogP contribution in [0.3, 0.4) is 0 Å². The second-order valence-corrected chi connectivity index (χ2v) is 4.61. The number of non-ortho nitro benzene ring substituents is 1. The molecule has 1 aromatic rings. The van der Waals surface area contributed by atoms with Gasteiger partial charge in [-0.15, -0.1) is 0 Å². The molecule has 0 fully saturated rings. The molecule has 0 aliphatic carbocycles. The van der Waals surface area contributed by atoms with Gasteiger partial charge in [-0.2, -0.15) is 0 Å². The molecule has 0 spiro atoms. The Morgan fingerprint density at radius 2 is 2.19 bits per heavy atom. The Morgan fingerprint density at radius 3 is 2.71 bits per heavy atom. The summed E-state index contributed by atoms with van der Waals surface area (Å²) in [7, 11) is 0. The van der Waals surface area contributed by atoms with Crippen molar-refractivity contribution in [2.45, 2.75) is 25.8 Å². The maximum atomic E-state index is 13.6. The fraction of sp³-hybridized carbons (Fsp3) is 0.462. The maximum Gasteiger partial charge on any atom is 0.325 e. The Bertz CT molecular complexity index is 533. The van der Waals surface area contributed by atoms with Crippen molar-refractivity contribution in [1.29, 1.82) is 0 Å². The van der Waals surface area contributed by atoms with Gasteiger partial charge in [0, 0.05) is 12.5 Å². The zero-order chi connectivity index (χ0) is 16.0. The van der Waals surface area contributed by atoms with Gasteiger partial charge in [0.05, 0.1) is 24.2 Å². The first kappa shape index (κ1) is 16.8. The Kier molecular flexibility index (Phi) is 5.60. The second-order valence-electron chi connectivity index (χ2n) is 4.61. The van der Waals surface area contributed by atoms with Gasteiger partial charge in [0.15, 0.2) is 11.6 Å². The van der Waals surface area contributed by atoms with E-state index < -0.39 is 22.2 Å². The van der Waals surface area contributed by atoms with Gasteiger partial charge in [-0.1, -0.05) is 0 Å². The minimum atomic E-state index is -1.24. The summed E-state index contributed by atoms with van der Waals surface area (Å²) in [6.45, 7) is 3.33. The summed E-state index contributed by atoms with van der Waals surface area (Å²) in [5, 5.41) is 10.5. The summed E-state index contributed by atoms with van der Waals surface area (Å²) in [5.41, 5.74) is 4.17. The molecule has 8 heteroatoms. The summed E-state index contributed by atoms with van der Waals surface area (Å²) < 4.78 is 23.5. The van der Waals surface area contributed by atoms with Gasteiger partial charge < -0.3 is 15.2 Å². The molecule has 2 N–H and O–H groups in total. The Hall–Kier alpha value is -2.22. The van der Waals surface area contributed by atoms with E-state index in [0.717, 1.165) is 18.2 Å². The van der Waals surface area contributed by atoms with Crippen LogP contribution in [-0.2, 0) is 9.53 Å². The standard InChI is InChI=1S/C13H17FN2O5/c1-3-20-12(17)13(2,15)6-7-21-11-5-4-9(16(18)19)8-10(11)14/h4-5,8H,3,6-7,15H2,1-2H3. The van der Waals surface area contributed by atoms with Gasteiger partial charge >= 0.3 is 5.97 Å². The SMILES string of the molecule is CCOC(=O)C(C)(N)CCOc1ccc([N+](=O)[O-])cc1F. The minimum absolute atomic E-state index is 0.0272. The molecule has 0 aliphatic rings. The summed E-state index contributed by atoms with van der Waals surface area (Å²) in [6.07, 6.45) is 0.113. The average Bonchev–Trinajstić information content (AvgIpc) is 2.40. The predicted octanol–water partition coefficient (Wildman–Crippen LogP) is 1.78. The molecule has 0 bridgehead atoms. The summed E-state index contributed by atoms with van der Waals surface area (Å²) in [6, 6.07) is 3.05. The number of esters is 1. The van der Waals surface area contributed by atoms with E-state index in [-0.39, 0.29) is 31.1 Å². The van der Waals surface area contributed by atoms with Crippen molar-refractivity contribution in [2.24, 2.45) is 5.73 Å². The lowest BCUT2D eigenvalue weighted by atomic mass is 10.0. The van der Waals surface area contributed by atoms with Gasteiger partial charge in [-0.05, 0) is 19.9 Å². The number of ether oxygens (including phenoxy) is 2. The molecule has 0 radical (unpaired) electrons. The van der Waals surface area contributed by atoms with Crippen LogP contribution in [0.25, 0.3) is 0 Å². The van der Waals surface area contributed by atoms with Crippen LogP contribution in [0.15, 0.2) is 18.2 Å². The molecule has 1 unspecified atom stereocenters. The first-order valence-corrected chi connectivity index (χ1v) is 6.30. The third kappa shape index (κ3) is 4.67. The molecule has 7 nitrogen and oxygen atoms in total. The molecule has 21 heavy (non-hydrogen) atoms. The van der Waals surface area contributed by atoms with E-state index in [2.05, 4.69) is 0 Å². The van der Waals surface area contributed by atoms with Crippen molar-refractivity contribution in [1.82, 2.24) is 0 Å². The van der Waals surface area contributed by atoms with Gasteiger partial charge in [0.1, 0.15) is 5.54 Å². The van der Waals surface area contributed by atoms with Gasteiger partial charge in [0.25, 0.3) is 5.69 Å². The highest BCUT2D eigenvalue weighted by Gasteiger charge is 2.29. The third-order valence-corrected chi connectivity index (χ3v) is 2.75. The molecule has 0 amide bonds. The van der Waals surface area contributed by atoms with Gasteiger partial charge in [-0.3, -0.25) is 14.9 Å². The number of benzene rings is 1. The Labute approximate surface area is 121 Å². The number of carbonyl (C=O) groups is 1. The van der Waals surface area contributed by atoms with Crippen LogP contribution in [0, 0.1) is 15.9 Å². The Balaban J connectivity index is 2.60. The van der Waals surface area contributed by atoms with Crippen LogP contribution in [0.5, 0.6) is 5.75 Å². The Morgan fingerprint density at radius 1 is 1.52 bits per heavy atom. The average molecular weight is 300 g/mol. The maximum absolute atomic E-state index is 13.6. The zero-order valence-electron chi connectivity index (χ0n) is 11.8. The van der Waals surface area contributed by atoms with Crippen LogP contribution in [0.2, 0.25) is 0 Å². The number of nitrogens with two attached hydrogens (primary N) is 1. The number of rotatable bonds is 7. The second kappa shape index (κ2) is 6.98. The van der Waals surface area contributed by atoms with Crippen molar-refractivity contribution >= 4 is 11.7 Å². The van der Waals surface area contributed by atoms with E-state index in [4.69, 9.17) is 15.2 Å². The fourth-order valence-electron chi connectivity index (χ4n) is 1.49. The van der Waals surface area contributed by atoms with Crippen molar-refractivity contribution in [2.75, 3.05) is 13.2 Å². The number of nitro groups is 1. The molecular weight excluding hydrogens is 283 g/mol. The number of halogens is 1. The van der Waals surface area contributed by atoms with Crippen LogP contribution < -0.4 is 10.5 Å². The molecule has 0 aromatic heterocycles. The number of nitrogens with zero attached hydrogens (tertiary/aromatic N) is 1. The van der Waals surface area contributed by atoms with E-state index in [1.54, 1.807) is 6.92 Å². The smallest absolute Gasteiger partial charge is 0.325 e. The molecule has 0 heterocycles. The van der Waals surface area contributed by atoms with Gasteiger partial charge in [0.2, 0.25) is 0 Å². The van der Waals surface area contributed by atoms with Crippen molar-refractivity contribution < 1.29 is 23.6 Å². The van der Waals surface area contributed by atoms with Crippen molar-refractivity contribution in [3.63, 3.8) is 0 Å². The summed E-state index contributed by atoms with van der Waals surface area (Å²) >= 11 is 0. The quantitative estimate of drug-likeness (QED) is 0.467. The lowest BCUT2D eigenvalue weighted by Crippen LogP contribution is -2.47. The van der Waals surface area contributed by atoms with E-state index in [1.807, 2.05) is 0 Å². The largest absolute Gasteiger partial charge is 0.490 e. The molecule has 116 valence electrons. The molecule has 1 atom stereocenters. The third-order valence-electron chi connectivity index (χ3n) is 2.75. The first-order chi connectivity index (χ1) is 9.77. The van der Waals surface area contributed by atoms with Crippen LogP contribution >= 0.6 is 0 Å². The molecule has 0 aliphatic heterocycles. The van der Waals surface area contributed by atoms with E-state index in [9.17, 15) is 19.3 Å². The number of hydrogen-bond acceptors (Lipinski definition) is 6. The van der Waals surface area contributed by atoms with Crippen LogP contribution in [-0.4, -0.2) is 29.6 Å². The lowest BCUT2D eigenvalue weighted by molar-refractivity contribution is -0.385. The lowest BCUT2D eigenvalue weighted by Gasteiger charge is -2.22. The highest BCUT2D eigenvalue weighted by atomic mass is 19.1. The summed E-state index contributed by atoms with van der Waals surface area (Å²) in [4.78, 5) is 21.3. The molecule has 0 saturated carbocycles. The van der Waals surface area contributed by atoms with Crippen molar-refractivity contribution in [3.05, 3.63) is 34.1 Å². The van der Waals surface area contributed by atoms with Gasteiger partial charge in [-0.25, -0.2) is 4.39 Å². The minimum Gasteiger partial charge on any atom is -0.490 e. The number of hydrogen-bond donors (Lipinski definition) is 1. The van der Waals surface area contributed by atoms with E-state index in [0.29, 0.717) is 0 Å².